The van der Waals surface area contributed by atoms with Gasteiger partial charge in [-0.2, -0.15) is 0 Å². The minimum atomic E-state index is -3.85. The SMILES string of the molecule is CS(=O)(=O)c1ccccc1S(=O)(=O)COC1CCCCO1. The van der Waals surface area contributed by atoms with E-state index >= 15 is 0 Å². The van der Waals surface area contributed by atoms with Crippen molar-refractivity contribution in [2.24, 2.45) is 0 Å². The molecule has 21 heavy (non-hydrogen) atoms. The Morgan fingerprint density at radius 2 is 1.81 bits per heavy atom. The highest BCUT2D eigenvalue weighted by Crippen LogP contribution is 2.23. The van der Waals surface area contributed by atoms with E-state index in [1.165, 1.54) is 24.3 Å². The Labute approximate surface area is 124 Å². The molecule has 0 bridgehead atoms. The van der Waals surface area contributed by atoms with E-state index in [2.05, 4.69) is 0 Å². The summed E-state index contributed by atoms with van der Waals surface area (Å²) in [6.07, 6.45) is 2.93. The van der Waals surface area contributed by atoms with E-state index in [1.54, 1.807) is 0 Å². The first-order chi connectivity index (χ1) is 9.81. The van der Waals surface area contributed by atoms with E-state index in [1.807, 2.05) is 0 Å². The third kappa shape index (κ3) is 4.26. The third-order valence-corrected chi connectivity index (χ3v) is 5.89. The Morgan fingerprint density at radius 1 is 1.14 bits per heavy atom. The molecule has 118 valence electrons. The first-order valence-corrected chi connectivity index (χ1v) is 10.1. The normalized spacial score (nSPS) is 20.3. The van der Waals surface area contributed by atoms with Crippen LogP contribution in [-0.2, 0) is 29.1 Å². The van der Waals surface area contributed by atoms with Gasteiger partial charge in [-0.3, -0.25) is 0 Å². The Bertz CT molecular complexity index is 687. The highest BCUT2D eigenvalue weighted by atomic mass is 32.2. The minimum Gasteiger partial charge on any atom is -0.353 e. The zero-order valence-corrected chi connectivity index (χ0v) is 13.3. The number of hydrogen-bond donors (Lipinski definition) is 0. The summed E-state index contributed by atoms with van der Waals surface area (Å²) in [5.41, 5.74) is 0. The molecule has 6 nitrogen and oxygen atoms in total. The molecule has 2 rings (SSSR count). The summed E-state index contributed by atoms with van der Waals surface area (Å²) in [4.78, 5) is -0.443. The smallest absolute Gasteiger partial charge is 0.203 e. The first-order valence-electron chi connectivity index (χ1n) is 6.56. The number of hydrogen-bond acceptors (Lipinski definition) is 6. The molecule has 1 unspecified atom stereocenters. The Kier molecular flexibility index (Phi) is 5.03. The van der Waals surface area contributed by atoms with Crippen molar-refractivity contribution in [1.82, 2.24) is 0 Å². The summed E-state index contributed by atoms with van der Waals surface area (Å²) in [5.74, 6) is -0.593. The van der Waals surface area contributed by atoms with Crippen molar-refractivity contribution in [2.75, 3.05) is 18.8 Å². The van der Waals surface area contributed by atoms with Crippen molar-refractivity contribution in [1.29, 1.82) is 0 Å². The zero-order valence-electron chi connectivity index (χ0n) is 11.7. The van der Waals surface area contributed by atoms with Crippen molar-refractivity contribution >= 4 is 19.7 Å². The quantitative estimate of drug-likeness (QED) is 0.808. The molecule has 0 aromatic heterocycles. The fourth-order valence-corrected chi connectivity index (χ4v) is 4.80. The van der Waals surface area contributed by atoms with Crippen molar-refractivity contribution < 1.29 is 26.3 Å². The van der Waals surface area contributed by atoms with Crippen molar-refractivity contribution in [3.63, 3.8) is 0 Å². The second kappa shape index (κ2) is 6.43. The van der Waals surface area contributed by atoms with E-state index in [0.29, 0.717) is 13.0 Å². The van der Waals surface area contributed by atoms with Crippen LogP contribution in [0.3, 0.4) is 0 Å². The van der Waals surface area contributed by atoms with Crippen LogP contribution in [0.25, 0.3) is 0 Å². The lowest BCUT2D eigenvalue weighted by Gasteiger charge is -2.22. The molecule has 0 N–H and O–H groups in total. The molecule has 0 aliphatic carbocycles. The molecule has 1 fully saturated rings. The molecule has 8 heteroatoms. The highest BCUT2D eigenvalue weighted by Gasteiger charge is 2.25. The van der Waals surface area contributed by atoms with Gasteiger partial charge < -0.3 is 9.47 Å². The average Bonchev–Trinajstić information content (AvgIpc) is 2.45. The molecule has 0 spiro atoms. The standard InChI is InChI=1S/C13H18O6S2/c1-20(14,15)11-6-2-3-7-12(11)21(16,17)10-19-13-8-4-5-9-18-13/h2-3,6-7,13H,4-5,8-10H2,1H3. The number of benzene rings is 1. The number of sulfone groups is 2. The number of ether oxygens (including phenoxy) is 2. The van der Waals surface area contributed by atoms with Crippen LogP contribution in [0.5, 0.6) is 0 Å². The van der Waals surface area contributed by atoms with E-state index in [-0.39, 0.29) is 9.79 Å². The Morgan fingerprint density at radius 3 is 2.38 bits per heavy atom. The van der Waals surface area contributed by atoms with Crippen LogP contribution in [0.4, 0.5) is 0 Å². The van der Waals surface area contributed by atoms with Crippen LogP contribution in [-0.4, -0.2) is 41.9 Å². The Balaban J connectivity index is 2.20. The summed E-state index contributed by atoms with van der Waals surface area (Å²) >= 11 is 0. The third-order valence-electron chi connectivity index (χ3n) is 3.13. The molecule has 1 aliphatic rings. The predicted octanol–water partition coefficient (Wildman–Crippen LogP) is 1.36. The van der Waals surface area contributed by atoms with Gasteiger partial charge in [0.05, 0.1) is 9.79 Å². The molecule has 1 heterocycles. The summed E-state index contributed by atoms with van der Waals surface area (Å²) in [5, 5.41) is 0. The van der Waals surface area contributed by atoms with Crippen molar-refractivity contribution in [2.45, 2.75) is 35.3 Å². The molecule has 0 amide bonds. The lowest BCUT2D eigenvalue weighted by molar-refractivity contribution is -0.150. The predicted molar refractivity (Wildman–Crippen MR) is 76.3 cm³/mol. The van der Waals surface area contributed by atoms with Crippen LogP contribution < -0.4 is 0 Å². The zero-order chi connectivity index (χ0) is 15.5. The summed E-state index contributed by atoms with van der Waals surface area (Å²) in [7, 11) is -7.48. The Hall–Kier alpha value is -0.960. The molecule has 0 saturated carbocycles. The molecule has 1 aliphatic heterocycles. The molecule has 1 aromatic carbocycles. The lowest BCUT2D eigenvalue weighted by atomic mass is 10.2. The fraction of sp³-hybridized carbons (Fsp3) is 0.538. The van der Waals surface area contributed by atoms with E-state index in [9.17, 15) is 16.8 Å². The summed E-state index contributed by atoms with van der Waals surface area (Å²) in [6.45, 7) is 0.546. The fourth-order valence-electron chi connectivity index (χ4n) is 2.08. The maximum absolute atomic E-state index is 12.3. The largest absolute Gasteiger partial charge is 0.353 e. The molecular weight excluding hydrogens is 316 g/mol. The second-order valence-corrected chi connectivity index (χ2v) is 8.80. The van der Waals surface area contributed by atoms with E-state index in [4.69, 9.17) is 9.47 Å². The minimum absolute atomic E-state index is 0.210. The van der Waals surface area contributed by atoms with Gasteiger partial charge in [0.2, 0.25) is 9.84 Å². The highest BCUT2D eigenvalue weighted by molar-refractivity contribution is 7.94. The summed E-state index contributed by atoms with van der Waals surface area (Å²) < 4.78 is 58.5. The van der Waals surface area contributed by atoms with Crippen LogP contribution in [0.2, 0.25) is 0 Å². The molecule has 1 saturated heterocycles. The second-order valence-electron chi connectivity index (χ2n) is 4.91. The van der Waals surface area contributed by atoms with Gasteiger partial charge in [0.25, 0.3) is 0 Å². The van der Waals surface area contributed by atoms with Gasteiger partial charge in [-0.15, -0.1) is 0 Å². The van der Waals surface area contributed by atoms with Crippen LogP contribution >= 0.6 is 0 Å². The van der Waals surface area contributed by atoms with Gasteiger partial charge >= 0.3 is 0 Å². The van der Waals surface area contributed by atoms with Gasteiger partial charge in [-0.25, -0.2) is 16.8 Å². The molecule has 1 atom stereocenters. The van der Waals surface area contributed by atoms with Crippen molar-refractivity contribution in [3.05, 3.63) is 24.3 Å². The lowest BCUT2D eigenvalue weighted by Crippen LogP contribution is -2.25. The molecule has 0 radical (unpaired) electrons. The number of rotatable bonds is 5. The topological polar surface area (TPSA) is 86.7 Å². The van der Waals surface area contributed by atoms with Crippen LogP contribution in [0.1, 0.15) is 19.3 Å². The van der Waals surface area contributed by atoms with Gasteiger partial charge in [-0.05, 0) is 31.4 Å². The van der Waals surface area contributed by atoms with Crippen LogP contribution in [0, 0.1) is 0 Å². The summed E-state index contributed by atoms with van der Waals surface area (Å²) in [6, 6.07) is 5.52. The average molecular weight is 334 g/mol. The van der Waals surface area contributed by atoms with Gasteiger partial charge in [0, 0.05) is 12.9 Å². The first kappa shape index (κ1) is 16.4. The van der Waals surface area contributed by atoms with E-state index in [0.717, 1.165) is 19.1 Å². The van der Waals surface area contributed by atoms with Crippen LogP contribution in [0.15, 0.2) is 34.1 Å². The maximum Gasteiger partial charge on any atom is 0.203 e. The maximum atomic E-state index is 12.3. The van der Waals surface area contributed by atoms with E-state index < -0.39 is 31.9 Å². The van der Waals surface area contributed by atoms with Crippen molar-refractivity contribution in [3.8, 4) is 0 Å². The van der Waals surface area contributed by atoms with Gasteiger partial charge in [0.1, 0.15) is 0 Å². The molecule has 1 aromatic rings. The van der Waals surface area contributed by atoms with Gasteiger partial charge in [0.15, 0.2) is 22.1 Å². The van der Waals surface area contributed by atoms with Gasteiger partial charge in [-0.1, -0.05) is 12.1 Å². The molecular formula is C13H18O6S2. The monoisotopic (exact) mass is 334 g/mol.